The Kier molecular flexibility index (Phi) is 2.91. The van der Waals surface area contributed by atoms with E-state index in [-0.39, 0.29) is 5.82 Å². The first kappa shape index (κ1) is 11.5. The normalized spacial score (nSPS) is 14.7. The van der Waals surface area contributed by atoms with E-state index < -0.39 is 0 Å². The van der Waals surface area contributed by atoms with E-state index in [1.807, 2.05) is 6.07 Å². The molecule has 0 atom stereocenters. The van der Waals surface area contributed by atoms with Crippen molar-refractivity contribution in [3.05, 3.63) is 41.2 Å². The lowest BCUT2D eigenvalue weighted by atomic mass is 10.2. The number of nitrogens with one attached hydrogen (secondary N) is 1. The number of nitrogens with two attached hydrogens (primary N) is 1. The van der Waals surface area contributed by atoms with Crippen molar-refractivity contribution in [1.29, 1.82) is 0 Å². The van der Waals surface area contributed by atoms with Crippen molar-refractivity contribution >= 4 is 22.4 Å². The van der Waals surface area contributed by atoms with E-state index in [2.05, 4.69) is 9.69 Å². The smallest absolute Gasteiger partial charge is 0.142 e. The molecule has 0 radical (unpaired) electrons. The van der Waals surface area contributed by atoms with Crippen LogP contribution in [0.5, 0.6) is 0 Å². The van der Waals surface area contributed by atoms with E-state index in [4.69, 9.17) is 5.73 Å². The predicted octanol–water partition coefficient (Wildman–Crippen LogP) is 3.35. The fourth-order valence-electron chi connectivity index (χ4n) is 2.02. The molecule has 3 nitrogen and oxygen atoms in total. The average Bonchev–Trinajstić information content (AvgIpc) is 3.13. The van der Waals surface area contributed by atoms with E-state index in [1.54, 1.807) is 12.1 Å². The van der Waals surface area contributed by atoms with Gasteiger partial charge in [-0.2, -0.15) is 4.37 Å². The number of aromatic nitrogens is 1. The third-order valence-corrected chi connectivity index (χ3v) is 3.97. The molecule has 1 fully saturated rings. The van der Waals surface area contributed by atoms with Gasteiger partial charge in [0.25, 0.3) is 0 Å². The maximum atomic E-state index is 13.5. The van der Waals surface area contributed by atoms with Crippen LogP contribution in [0.15, 0.2) is 24.3 Å². The van der Waals surface area contributed by atoms with Crippen molar-refractivity contribution in [2.75, 3.05) is 11.1 Å². The summed E-state index contributed by atoms with van der Waals surface area (Å²) in [6, 6.07) is 6.78. The van der Waals surface area contributed by atoms with Crippen LogP contribution in [0.25, 0.3) is 0 Å². The summed E-state index contributed by atoms with van der Waals surface area (Å²) in [7, 11) is 0. The molecule has 0 unspecified atom stereocenters. The lowest BCUT2D eigenvalue weighted by Crippen LogP contribution is -2.02. The average molecular weight is 263 g/mol. The lowest BCUT2D eigenvalue weighted by Gasteiger charge is -2.07. The molecular formula is C13H14FN3S. The fourth-order valence-corrected chi connectivity index (χ4v) is 2.82. The molecule has 0 saturated heterocycles. The van der Waals surface area contributed by atoms with Gasteiger partial charge in [0, 0.05) is 17.7 Å². The highest BCUT2D eigenvalue weighted by Crippen LogP contribution is 2.47. The molecule has 5 heteroatoms. The van der Waals surface area contributed by atoms with E-state index >= 15 is 0 Å². The van der Waals surface area contributed by atoms with Crippen LogP contribution in [-0.4, -0.2) is 4.37 Å². The summed E-state index contributed by atoms with van der Waals surface area (Å²) in [5.74, 6) is 0.987. The highest BCUT2D eigenvalue weighted by molar-refractivity contribution is 7.10. The summed E-state index contributed by atoms with van der Waals surface area (Å²) in [6.45, 7) is 0.466. The highest BCUT2D eigenvalue weighted by atomic mass is 32.1. The Bertz CT molecular complexity index is 563. The Morgan fingerprint density at radius 1 is 1.39 bits per heavy atom. The monoisotopic (exact) mass is 263 g/mol. The molecule has 1 aliphatic carbocycles. The summed E-state index contributed by atoms with van der Waals surface area (Å²) in [4.78, 5) is 0. The van der Waals surface area contributed by atoms with Gasteiger partial charge in [-0.1, -0.05) is 18.2 Å². The van der Waals surface area contributed by atoms with Crippen molar-refractivity contribution in [2.45, 2.75) is 25.3 Å². The number of hydrogen-bond acceptors (Lipinski definition) is 4. The van der Waals surface area contributed by atoms with E-state index in [9.17, 15) is 4.39 Å². The van der Waals surface area contributed by atoms with Gasteiger partial charge in [0.1, 0.15) is 16.6 Å². The van der Waals surface area contributed by atoms with Crippen LogP contribution in [0.1, 0.15) is 29.9 Å². The molecule has 0 spiro atoms. The Balaban J connectivity index is 1.76. The van der Waals surface area contributed by atoms with E-state index in [1.165, 1.54) is 30.4 Å². The number of halogens is 1. The van der Waals surface area contributed by atoms with Gasteiger partial charge in [0.05, 0.1) is 0 Å². The zero-order chi connectivity index (χ0) is 12.5. The Morgan fingerprint density at radius 2 is 2.17 bits per heavy atom. The van der Waals surface area contributed by atoms with Crippen molar-refractivity contribution in [2.24, 2.45) is 0 Å². The number of rotatable bonds is 4. The van der Waals surface area contributed by atoms with Crippen molar-refractivity contribution in [3.8, 4) is 0 Å². The molecule has 1 aromatic carbocycles. The number of hydrogen-bond donors (Lipinski definition) is 2. The van der Waals surface area contributed by atoms with Crippen LogP contribution in [0.4, 0.5) is 15.2 Å². The lowest BCUT2D eigenvalue weighted by molar-refractivity contribution is 0.613. The number of nitrogens with zero attached hydrogens (tertiary/aromatic N) is 1. The fraction of sp³-hybridized carbons (Fsp3) is 0.308. The molecule has 0 bridgehead atoms. The molecule has 3 N–H and O–H groups in total. The summed E-state index contributed by atoms with van der Waals surface area (Å²) < 4.78 is 17.7. The van der Waals surface area contributed by atoms with Gasteiger partial charge in [0.2, 0.25) is 0 Å². The molecule has 18 heavy (non-hydrogen) atoms. The van der Waals surface area contributed by atoms with Gasteiger partial charge in [0.15, 0.2) is 0 Å². The summed E-state index contributed by atoms with van der Waals surface area (Å²) in [5, 5.41) is 4.23. The minimum absolute atomic E-state index is 0.185. The molecule has 1 aliphatic rings. The standard InChI is InChI=1S/C13H14FN3S/c14-10-4-2-1-3-9(10)7-16-13-11(8-5-6-8)12(15)17-18-13/h1-4,8,16H,5-7H2,(H2,15,17). The molecule has 1 saturated carbocycles. The Hall–Kier alpha value is -1.62. The summed E-state index contributed by atoms with van der Waals surface area (Å²) in [5.41, 5.74) is 7.65. The minimum atomic E-state index is -0.185. The zero-order valence-corrected chi connectivity index (χ0v) is 10.6. The largest absolute Gasteiger partial charge is 0.383 e. The second-order valence-corrected chi connectivity index (χ2v) is 5.30. The van der Waals surface area contributed by atoms with Gasteiger partial charge in [-0.3, -0.25) is 0 Å². The topological polar surface area (TPSA) is 50.9 Å². The van der Waals surface area contributed by atoms with Crippen LogP contribution in [0.2, 0.25) is 0 Å². The third kappa shape index (κ3) is 2.18. The molecule has 2 aromatic rings. The summed E-state index contributed by atoms with van der Waals surface area (Å²) in [6.07, 6.45) is 2.36. The molecule has 3 rings (SSSR count). The quantitative estimate of drug-likeness (QED) is 0.889. The molecule has 0 aliphatic heterocycles. The molecule has 94 valence electrons. The second kappa shape index (κ2) is 4.57. The van der Waals surface area contributed by atoms with Crippen LogP contribution in [0, 0.1) is 5.82 Å². The van der Waals surface area contributed by atoms with Crippen LogP contribution in [-0.2, 0) is 6.54 Å². The van der Waals surface area contributed by atoms with E-state index in [0.717, 1.165) is 10.6 Å². The molecular weight excluding hydrogens is 249 g/mol. The van der Waals surface area contributed by atoms with Crippen molar-refractivity contribution in [3.63, 3.8) is 0 Å². The minimum Gasteiger partial charge on any atom is -0.383 e. The second-order valence-electron chi connectivity index (χ2n) is 4.53. The SMILES string of the molecule is Nc1nsc(NCc2ccccc2F)c1C1CC1. The third-order valence-electron chi connectivity index (χ3n) is 3.14. The van der Waals surface area contributed by atoms with Gasteiger partial charge in [-0.25, -0.2) is 4.39 Å². The molecule has 1 heterocycles. The molecule has 0 amide bonds. The van der Waals surface area contributed by atoms with Gasteiger partial charge < -0.3 is 11.1 Å². The van der Waals surface area contributed by atoms with Gasteiger partial charge in [-0.05, 0) is 36.4 Å². The first-order chi connectivity index (χ1) is 8.75. The van der Waals surface area contributed by atoms with Gasteiger partial charge >= 0.3 is 0 Å². The molecule has 1 aromatic heterocycles. The predicted molar refractivity (Wildman–Crippen MR) is 72.2 cm³/mol. The van der Waals surface area contributed by atoms with Crippen molar-refractivity contribution < 1.29 is 4.39 Å². The Morgan fingerprint density at radius 3 is 2.89 bits per heavy atom. The number of benzene rings is 1. The van der Waals surface area contributed by atoms with Gasteiger partial charge in [-0.15, -0.1) is 0 Å². The maximum absolute atomic E-state index is 13.5. The zero-order valence-electron chi connectivity index (χ0n) is 9.82. The number of nitrogen functional groups attached to an aromatic ring is 1. The Labute approximate surface area is 109 Å². The van der Waals surface area contributed by atoms with E-state index in [0.29, 0.717) is 23.8 Å². The summed E-state index contributed by atoms with van der Waals surface area (Å²) >= 11 is 1.36. The van der Waals surface area contributed by atoms with Crippen LogP contribution >= 0.6 is 11.5 Å². The first-order valence-electron chi connectivity index (χ1n) is 5.98. The first-order valence-corrected chi connectivity index (χ1v) is 6.75. The van der Waals surface area contributed by atoms with Crippen LogP contribution < -0.4 is 11.1 Å². The number of anilines is 2. The van der Waals surface area contributed by atoms with Crippen molar-refractivity contribution in [1.82, 2.24) is 4.37 Å². The highest BCUT2D eigenvalue weighted by Gasteiger charge is 2.30. The maximum Gasteiger partial charge on any atom is 0.142 e. The van der Waals surface area contributed by atoms with Crippen LogP contribution in [0.3, 0.4) is 0 Å².